The number of carbonyl (C=O) groups excluding carboxylic acids is 1. The van der Waals surface area contributed by atoms with Gasteiger partial charge in [-0.15, -0.1) is 0 Å². The van der Waals surface area contributed by atoms with E-state index in [-0.39, 0.29) is 23.5 Å². The van der Waals surface area contributed by atoms with Crippen molar-refractivity contribution in [3.63, 3.8) is 0 Å². The average Bonchev–Trinajstić information content (AvgIpc) is 3.52. The van der Waals surface area contributed by atoms with Crippen molar-refractivity contribution in [2.24, 2.45) is 0 Å². The van der Waals surface area contributed by atoms with Crippen LogP contribution in [0.15, 0.2) is 23.1 Å². The highest BCUT2D eigenvalue weighted by atomic mass is 19.1. The number of piperazine rings is 1. The van der Waals surface area contributed by atoms with E-state index in [0.717, 1.165) is 25.9 Å². The molecular weight excluding hydrogens is 419 g/mol. The summed E-state index contributed by atoms with van der Waals surface area (Å²) in [6, 6.07) is 3.08. The molecule has 32 heavy (non-hydrogen) atoms. The molecule has 1 aliphatic carbocycles. The van der Waals surface area contributed by atoms with Gasteiger partial charge in [-0.2, -0.15) is 0 Å². The lowest BCUT2D eigenvalue weighted by Gasteiger charge is -2.30. The van der Waals surface area contributed by atoms with E-state index in [1.54, 1.807) is 27.2 Å². The second-order valence-corrected chi connectivity index (χ2v) is 9.19. The molecule has 2 aromatic rings. The fourth-order valence-corrected chi connectivity index (χ4v) is 3.70. The van der Waals surface area contributed by atoms with Crippen LogP contribution in [0.25, 0.3) is 10.9 Å². The lowest BCUT2D eigenvalue weighted by Crippen LogP contribution is -2.45. The van der Waals surface area contributed by atoms with Crippen LogP contribution in [0.5, 0.6) is 0 Å². The molecule has 0 unspecified atom stereocenters. The third kappa shape index (κ3) is 5.63. The quantitative estimate of drug-likeness (QED) is 0.620. The van der Waals surface area contributed by atoms with E-state index in [4.69, 9.17) is 0 Å². The van der Waals surface area contributed by atoms with Crippen LogP contribution in [0.1, 0.15) is 29.2 Å². The van der Waals surface area contributed by atoms with Crippen LogP contribution in [0, 0.1) is 5.82 Å². The highest BCUT2D eigenvalue weighted by Gasteiger charge is 2.28. The molecule has 1 aromatic heterocycles. The Bertz CT molecular complexity index is 1080. The largest absolute Gasteiger partial charge is 0.544 e. The van der Waals surface area contributed by atoms with Crippen LogP contribution in [0.2, 0.25) is 0 Å². The maximum Gasteiger partial charge on any atom is 0.341 e. The Hall–Kier alpha value is -2.98. The van der Waals surface area contributed by atoms with Gasteiger partial charge in [-0.3, -0.25) is 4.79 Å². The van der Waals surface area contributed by atoms with Gasteiger partial charge in [-0.1, -0.05) is 0 Å². The predicted molar refractivity (Wildman–Crippen MR) is 116 cm³/mol. The van der Waals surface area contributed by atoms with Crippen LogP contribution in [-0.2, 0) is 4.79 Å². The molecule has 2 N–H and O–H groups in total. The molecular formula is C22H29FN4O5. The first kappa shape index (κ1) is 23.7. The van der Waals surface area contributed by atoms with Crippen LogP contribution >= 0.6 is 0 Å². The Balaban J connectivity index is 0.000000312. The number of benzene rings is 1. The molecule has 9 nitrogen and oxygen atoms in total. The van der Waals surface area contributed by atoms with E-state index in [2.05, 4.69) is 5.32 Å². The SMILES string of the molecule is C[N+](C)(C)CC(=O)[O-].O=C(O)c1cn(C2CC2)c2cc(N3CCNCC3)c(F)cc2c1=O. The molecule has 174 valence electrons. The second-order valence-electron chi connectivity index (χ2n) is 9.19. The van der Waals surface area contributed by atoms with E-state index in [1.807, 2.05) is 9.47 Å². The first-order chi connectivity index (χ1) is 15.0. The summed E-state index contributed by atoms with van der Waals surface area (Å²) in [5.74, 6) is -2.76. The number of aliphatic carboxylic acids is 1. The minimum absolute atomic E-state index is 0.0694. The van der Waals surface area contributed by atoms with Crippen LogP contribution in [0.3, 0.4) is 0 Å². The number of aromatic carboxylic acids is 1. The number of hydrogen-bond acceptors (Lipinski definition) is 6. The number of pyridine rings is 1. The molecule has 2 aliphatic rings. The van der Waals surface area contributed by atoms with Crippen molar-refractivity contribution in [2.75, 3.05) is 58.8 Å². The zero-order valence-electron chi connectivity index (χ0n) is 18.6. The molecule has 0 atom stereocenters. The van der Waals surface area contributed by atoms with Crippen molar-refractivity contribution in [3.05, 3.63) is 39.9 Å². The Morgan fingerprint density at radius 3 is 2.31 bits per heavy atom. The Kier molecular flexibility index (Phi) is 6.85. The van der Waals surface area contributed by atoms with Gasteiger partial charge in [0.1, 0.15) is 17.9 Å². The zero-order valence-corrected chi connectivity index (χ0v) is 18.6. The Morgan fingerprint density at radius 1 is 1.22 bits per heavy atom. The van der Waals surface area contributed by atoms with Gasteiger partial charge in [0.15, 0.2) is 0 Å². The average molecular weight is 448 g/mol. The molecule has 0 radical (unpaired) electrons. The fourth-order valence-electron chi connectivity index (χ4n) is 3.70. The molecule has 1 aromatic carbocycles. The third-order valence-corrected chi connectivity index (χ3v) is 5.33. The number of quaternary nitrogens is 1. The minimum Gasteiger partial charge on any atom is -0.544 e. The van der Waals surface area contributed by atoms with Gasteiger partial charge in [-0.05, 0) is 25.0 Å². The van der Waals surface area contributed by atoms with Gasteiger partial charge in [-0.25, -0.2) is 9.18 Å². The number of rotatable bonds is 5. The van der Waals surface area contributed by atoms with Crippen LogP contribution in [0.4, 0.5) is 10.1 Å². The highest BCUT2D eigenvalue weighted by Crippen LogP contribution is 2.38. The third-order valence-electron chi connectivity index (χ3n) is 5.33. The molecule has 4 rings (SSSR count). The summed E-state index contributed by atoms with van der Waals surface area (Å²) < 4.78 is 16.9. The summed E-state index contributed by atoms with van der Waals surface area (Å²) in [6.45, 7) is 3.03. The normalized spacial score (nSPS) is 16.4. The number of halogens is 1. The molecule has 2 heterocycles. The number of nitrogens with one attached hydrogen (secondary N) is 1. The smallest absolute Gasteiger partial charge is 0.341 e. The number of anilines is 1. The summed E-state index contributed by atoms with van der Waals surface area (Å²) in [5, 5.41) is 22.5. The molecule has 0 amide bonds. The molecule has 1 saturated heterocycles. The molecule has 1 aliphatic heterocycles. The first-order valence-corrected chi connectivity index (χ1v) is 10.6. The van der Waals surface area contributed by atoms with Gasteiger partial charge < -0.3 is 34.3 Å². The number of carboxylic acids is 2. The fraction of sp³-hybridized carbons (Fsp3) is 0.500. The van der Waals surface area contributed by atoms with Gasteiger partial charge >= 0.3 is 5.97 Å². The topological polar surface area (TPSA) is 115 Å². The molecule has 0 bridgehead atoms. The number of fused-ring (bicyclic) bond motifs is 1. The number of nitrogens with zero attached hydrogens (tertiary/aromatic N) is 3. The Labute approximate surface area is 185 Å². The van der Waals surface area contributed by atoms with Crippen molar-refractivity contribution >= 4 is 28.5 Å². The van der Waals surface area contributed by atoms with Crippen molar-refractivity contribution < 1.29 is 28.7 Å². The highest BCUT2D eigenvalue weighted by molar-refractivity contribution is 5.93. The number of carboxylic acid groups (broad SMARTS) is 2. The van der Waals surface area contributed by atoms with E-state index in [9.17, 15) is 29.0 Å². The maximum absolute atomic E-state index is 14.6. The predicted octanol–water partition coefficient (Wildman–Crippen LogP) is 0.0258. The summed E-state index contributed by atoms with van der Waals surface area (Å²) in [4.78, 5) is 35.6. The zero-order chi connectivity index (χ0) is 23.6. The lowest BCUT2D eigenvalue weighted by molar-refractivity contribution is -0.864. The van der Waals surface area contributed by atoms with Crippen molar-refractivity contribution in [2.45, 2.75) is 18.9 Å². The van der Waals surface area contributed by atoms with Crippen molar-refractivity contribution in [3.8, 4) is 0 Å². The van der Waals surface area contributed by atoms with E-state index >= 15 is 0 Å². The minimum atomic E-state index is -1.28. The van der Waals surface area contributed by atoms with Gasteiger partial charge in [0, 0.05) is 43.8 Å². The van der Waals surface area contributed by atoms with Crippen LogP contribution in [-0.4, -0.2) is 80.0 Å². The summed E-state index contributed by atoms with van der Waals surface area (Å²) >= 11 is 0. The maximum atomic E-state index is 14.6. The standard InChI is InChI=1S/C17H18FN3O3.C5H11NO2/c18-13-7-11-14(8-15(13)20-5-3-19-4-6-20)21(10-1-2-10)9-12(16(11)22)17(23)24;1-6(2,3)4-5(7)8/h7-10,19H,1-6H2,(H,23,24);4H2,1-3H3. The molecule has 0 spiro atoms. The van der Waals surface area contributed by atoms with Gasteiger partial charge in [0.2, 0.25) is 5.43 Å². The second kappa shape index (κ2) is 9.25. The number of hydrogen-bond donors (Lipinski definition) is 2. The van der Waals surface area contributed by atoms with E-state index in [1.165, 1.54) is 12.3 Å². The lowest BCUT2D eigenvalue weighted by atomic mass is 10.1. The number of aromatic nitrogens is 1. The number of carbonyl (C=O) groups is 2. The molecule has 10 heteroatoms. The molecule has 2 fully saturated rings. The summed E-state index contributed by atoms with van der Waals surface area (Å²) in [5.41, 5.74) is 0.159. The van der Waals surface area contributed by atoms with E-state index in [0.29, 0.717) is 28.8 Å². The van der Waals surface area contributed by atoms with Gasteiger partial charge in [0.25, 0.3) is 0 Å². The summed E-state index contributed by atoms with van der Waals surface area (Å²) in [7, 11) is 5.40. The Morgan fingerprint density at radius 2 is 1.84 bits per heavy atom. The van der Waals surface area contributed by atoms with Gasteiger partial charge in [0.05, 0.1) is 38.3 Å². The summed E-state index contributed by atoms with van der Waals surface area (Å²) in [6.07, 6.45) is 3.29. The number of likely N-dealkylation sites (N-methyl/N-ethyl adjacent to an activating group) is 1. The monoisotopic (exact) mass is 448 g/mol. The van der Waals surface area contributed by atoms with Crippen molar-refractivity contribution in [1.29, 1.82) is 0 Å². The van der Waals surface area contributed by atoms with Crippen molar-refractivity contribution in [1.82, 2.24) is 9.88 Å². The first-order valence-electron chi connectivity index (χ1n) is 10.6. The van der Waals surface area contributed by atoms with E-state index < -0.39 is 23.2 Å². The molecule has 1 saturated carbocycles. The van der Waals surface area contributed by atoms with Crippen LogP contribution < -0.4 is 20.8 Å².